The van der Waals surface area contributed by atoms with Gasteiger partial charge in [0, 0.05) is 10.0 Å². The highest BCUT2D eigenvalue weighted by molar-refractivity contribution is 9.10. The van der Waals surface area contributed by atoms with Gasteiger partial charge in [0.1, 0.15) is 0 Å². The molecule has 0 heterocycles. The summed E-state index contributed by atoms with van der Waals surface area (Å²) < 4.78 is 15.6. The fourth-order valence-electron chi connectivity index (χ4n) is 1.20. The van der Waals surface area contributed by atoms with Gasteiger partial charge in [-0.2, -0.15) is 5.10 Å². The molecule has 0 aliphatic carbocycles. The maximum Gasteiger partial charge on any atom is 0.343 e. The highest BCUT2D eigenvalue weighted by Crippen LogP contribution is 2.32. The summed E-state index contributed by atoms with van der Waals surface area (Å²) in [5.74, 6) is 5.51. The largest absolute Gasteiger partial charge is 0.493 e. The molecular formula is C11H13BrN2O4. The average Bonchev–Trinajstić information content (AvgIpc) is 2.38. The third-order valence-corrected chi connectivity index (χ3v) is 2.76. The second-order valence-electron chi connectivity index (χ2n) is 3.17. The van der Waals surface area contributed by atoms with Crippen molar-refractivity contribution in [3.8, 4) is 11.5 Å². The van der Waals surface area contributed by atoms with Gasteiger partial charge in [-0.3, -0.25) is 0 Å². The first-order chi connectivity index (χ1) is 8.62. The molecule has 0 spiro atoms. The molecule has 0 amide bonds. The molecule has 0 atom stereocenters. The van der Waals surface area contributed by atoms with E-state index in [1.165, 1.54) is 20.4 Å². The van der Waals surface area contributed by atoms with Crippen molar-refractivity contribution >= 4 is 28.1 Å². The fraction of sp³-hybridized carbons (Fsp3) is 0.273. The van der Waals surface area contributed by atoms with Crippen LogP contribution in [-0.4, -0.2) is 33.0 Å². The number of methoxy groups -OCH3 is 2. The number of hydrazone groups is 1. The quantitative estimate of drug-likeness (QED) is 0.383. The van der Waals surface area contributed by atoms with Crippen molar-refractivity contribution in [2.75, 3.05) is 20.8 Å². The normalized spacial score (nSPS) is 10.4. The molecular weight excluding hydrogens is 304 g/mol. The van der Waals surface area contributed by atoms with Gasteiger partial charge < -0.3 is 20.1 Å². The third-order valence-electron chi connectivity index (χ3n) is 2.07. The number of halogens is 1. The summed E-state index contributed by atoms with van der Waals surface area (Å²) in [5.41, 5.74) is 0.736. The molecule has 0 aromatic heterocycles. The van der Waals surface area contributed by atoms with E-state index in [4.69, 9.17) is 15.3 Å². The number of hydrogen-bond acceptors (Lipinski definition) is 6. The number of nitrogens with zero attached hydrogens (tertiary/aromatic N) is 1. The second-order valence-corrected chi connectivity index (χ2v) is 4.02. The topological polar surface area (TPSA) is 83.1 Å². The zero-order valence-corrected chi connectivity index (χ0v) is 11.6. The summed E-state index contributed by atoms with van der Waals surface area (Å²) in [4.78, 5) is 11.0. The van der Waals surface area contributed by atoms with E-state index in [1.54, 1.807) is 12.1 Å². The number of rotatable bonds is 5. The molecule has 0 aliphatic rings. The van der Waals surface area contributed by atoms with E-state index in [9.17, 15) is 4.79 Å². The van der Waals surface area contributed by atoms with Crippen LogP contribution in [0.3, 0.4) is 0 Å². The molecule has 0 unspecified atom stereocenters. The van der Waals surface area contributed by atoms with Crippen molar-refractivity contribution in [3.63, 3.8) is 0 Å². The maximum absolute atomic E-state index is 11.0. The van der Waals surface area contributed by atoms with Crippen molar-refractivity contribution in [3.05, 3.63) is 22.2 Å². The highest BCUT2D eigenvalue weighted by Gasteiger charge is 2.11. The number of nitrogens with two attached hydrogens (primary N) is 1. The van der Waals surface area contributed by atoms with E-state index in [0.717, 1.165) is 10.0 Å². The van der Waals surface area contributed by atoms with Crippen LogP contribution in [0.1, 0.15) is 5.56 Å². The summed E-state index contributed by atoms with van der Waals surface area (Å²) in [5, 5.41) is 3.43. The van der Waals surface area contributed by atoms with Gasteiger partial charge >= 0.3 is 5.97 Å². The summed E-state index contributed by atoms with van der Waals surface area (Å²) in [6, 6.07) is 3.35. The van der Waals surface area contributed by atoms with Crippen LogP contribution in [-0.2, 0) is 9.53 Å². The molecule has 0 aliphatic heterocycles. The number of carbonyl (C=O) groups is 1. The third kappa shape index (κ3) is 3.63. The predicted molar refractivity (Wildman–Crippen MR) is 70.0 cm³/mol. The first-order valence-electron chi connectivity index (χ1n) is 4.92. The van der Waals surface area contributed by atoms with Crippen LogP contribution < -0.4 is 15.3 Å². The van der Waals surface area contributed by atoms with Crippen LogP contribution >= 0.6 is 15.9 Å². The van der Waals surface area contributed by atoms with Crippen molar-refractivity contribution in [1.82, 2.24) is 0 Å². The molecule has 1 rings (SSSR count). The van der Waals surface area contributed by atoms with E-state index in [0.29, 0.717) is 11.5 Å². The van der Waals surface area contributed by atoms with Gasteiger partial charge in [0.15, 0.2) is 18.1 Å². The SMILES string of the molecule is COC(=O)COc1cc(Br)c(C=NN)cc1OC. The van der Waals surface area contributed by atoms with Gasteiger partial charge in [0.25, 0.3) is 0 Å². The Balaban J connectivity index is 2.97. The van der Waals surface area contributed by atoms with Gasteiger partial charge in [0.05, 0.1) is 20.4 Å². The summed E-state index contributed by atoms with van der Waals surface area (Å²) in [6.45, 7) is -0.191. The summed E-state index contributed by atoms with van der Waals surface area (Å²) >= 11 is 3.34. The molecule has 18 heavy (non-hydrogen) atoms. The minimum absolute atomic E-state index is 0.191. The Morgan fingerprint density at radius 2 is 2.17 bits per heavy atom. The molecule has 0 saturated carbocycles. The van der Waals surface area contributed by atoms with Crippen LogP contribution in [0, 0.1) is 0 Å². The number of hydrogen-bond donors (Lipinski definition) is 1. The van der Waals surface area contributed by atoms with Gasteiger partial charge in [-0.25, -0.2) is 4.79 Å². The first kappa shape index (κ1) is 14.3. The predicted octanol–water partition coefficient (Wildman–Crippen LogP) is 1.30. The molecule has 0 saturated heterocycles. The van der Waals surface area contributed by atoms with Crippen LogP contribution in [0.4, 0.5) is 0 Å². The zero-order valence-electron chi connectivity index (χ0n) is 9.97. The Hall–Kier alpha value is -1.76. The minimum atomic E-state index is -0.472. The fourth-order valence-corrected chi connectivity index (χ4v) is 1.62. The Bertz CT molecular complexity index is 463. The Morgan fingerprint density at radius 1 is 1.44 bits per heavy atom. The van der Waals surface area contributed by atoms with E-state index < -0.39 is 5.97 Å². The second kappa shape index (κ2) is 6.85. The smallest absolute Gasteiger partial charge is 0.343 e. The van der Waals surface area contributed by atoms with Gasteiger partial charge in [-0.1, -0.05) is 0 Å². The molecule has 1 aromatic carbocycles. The lowest BCUT2D eigenvalue weighted by atomic mass is 10.2. The number of carbonyl (C=O) groups excluding carboxylic acids is 1. The van der Waals surface area contributed by atoms with Crippen LogP contribution in [0.25, 0.3) is 0 Å². The minimum Gasteiger partial charge on any atom is -0.493 e. The van der Waals surface area contributed by atoms with E-state index in [1.807, 2.05) is 0 Å². The van der Waals surface area contributed by atoms with E-state index in [-0.39, 0.29) is 6.61 Å². The van der Waals surface area contributed by atoms with E-state index in [2.05, 4.69) is 25.8 Å². The molecule has 0 radical (unpaired) electrons. The summed E-state index contributed by atoms with van der Waals surface area (Å²) in [6.07, 6.45) is 1.47. The van der Waals surface area contributed by atoms with Gasteiger partial charge in [0.2, 0.25) is 0 Å². The first-order valence-corrected chi connectivity index (χ1v) is 5.72. The van der Waals surface area contributed by atoms with Crippen LogP contribution in [0.5, 0.6) is 11.5 Å². The van der Waals surface area contributed by atoms with Crippen molar-refractivity contribution in [2.45, 2.75) is 0 Å². The Labute approximate surface area is 113 Å². The zero-order chi connectivity index (χ0) is 13.5. The molecule has 2 N–H and O–H groups in total. The van der Waals surface area contributed by atoms with Crippen molar-refractivity contribution in [2.24, 2.45) is 10.9 Å². The molecule has 6 nitrogen and oxygen atoms in total. The number of benzene rings is 1. The maximum atomic E-state index is 11.0. The Kier molecular flexibility index (Phi) is 5.44. The number of ether oxygens (including phenoxy) is 3. The van der Waals surface area contributed by atoms with Crippen LogP contribution in [0.15, 0.2) is 21.7 Å². The summed E-state index contributed by atoms with van der Waals surface area (Å²) in [7, 11) is 2.79. The van der Waals surface area contributed by atoms with E-state index >= 15 is 0 Å². The molecule has 7 heteroatoms. The molecule has 1 aromatic rings. The van der Waals surface area contributed by atoms with Crippen LogP contribution in [0.2, 0.25) is 0 Å². The Morgan fingerprint density at radius 3 is 2.72 bits per heavy atom. The van der Waals surface area contributed by atoms with Gasteiger partial charge in [-0.05, 0) is 28.1 Å². The highest BCUT2D eigenvalue weighted by atomic mass is 79.9. The van der Waals surface area contributed by atoms with Gasteiger partial charge in [-0.15, -0.1) is 0 Å². The lowest BCUT2D eigenvalue weighted by Gasteiger charge is -2.11. The number of esters is 1. The lowest BCUT2D eigenvalue weighted by Crippen LogP contribution is -2.13. The van der Waals surface area contributed by atoms with Crippen molar-refractivity contribution in [1.29, 1.82) is 0 Å². The average molecular weight is 317 g/mol. The lowest BCUT2D eigenvalue weighted by molar-refractivity contribution is -0.142. The molecule has 0 bridgehead atoms. The molecule has 98 valence electrons. The monoisotopic (exact) mass is 316 g/mol. The molecule has 0 fully saturated rings. The van der Waals surface area contributed by atoms with Crippen molar-refractivity contribution < 1.29 is 19.0 Å². The standard InChI is InChI=1S/C11H13BrN2O4/c1-16-9-3-7(5-14-13)8(12)4-10(9)18-6-11(15)17-2/h3-5H,6,13H2,1-2H3.